The van der Waals surface area contributed by atoms with E-state index >= 15 is 0 Å². The van der Waals surface area contributed by atoms with E-state index in [0.717, 1.165) is 56.1 Å². The highest BCUT2D eigenvalue weighted by Crippen LogP contribution is 2.67. The molecule has 0 amide bonds. The summed E-state index contributed by atoms with van der Waals surface area (Å²) in [6.45, 7) is 7.64. The Bertz CT molecular complexity index is 1590. The first-order valence-electron chi connectivity index (χ1n) is 21.6. The van der Waals surface area contributed by atoms with Gasteiger partial charge in [0.05, 0.1) is 31.0 Å². The highest BCUT2D eigenvalue weighted by atomic mass is 16.8. The fourth-order valence-corrected chi connectivity index (χ4v) is 12.3. The van der Waals surface area contributed by atoms with Gasteiger partial charge in [0, 0.05) is 25.0 Å². The lowest BCUT2D eigenvalue weighted by Gasteiger charge is -2.55. The fraction of sp³-hybridized carbons (Fsp3) is 0.881. The lowest BCUT2D eigenvalue weighted by molar-refractivity contribution is -0.367. The third-order valence-corrected chi connectivity index (χ3v) is 15.8. The Kier molecular flexibility index (Phi) is 13.0. The first kappa shape index (κ1) is 44.9. The quantitative estimate of drug-likeness (QED) is 0.0690. The van der Waals surface area contributed by atoms with Gasteiger partial charge in [0.2, 0.25) is 0 Å². The molecule has 0 bridgehead atoms. The van der Waals surface area contributed by atoms with Crippen LogP contribution in [0.15, 0.2) is 23.8 Å². The molecule has 4 aliphatic heterocycles. The van der Waals surface area contributed by atoms with Gasteiger partial charge in [0.25, 0.3) is 0 Å². The van der Waals surface area contributed by atoms with Crippen molar-refractivity contribution in [3.05, 3.63) is 23.8 Å². The molecule has 8 aliphatic rings. The smallest absolute Gasteiger partial charge is 0.331 e. The van der Waals surface area contributed by atoms with Gasteiger partial charge in [-0.05, 0) is 87.0 Å². The molecule has 0 aromatic rings. The van der Waals surface area contributed by atoms with Crippen LogP contribution in [0.1, 0.15) is 65.2 Å². The number of aliphatic hydroxyl groups is 9. The molecule has 0 spiro atoms. The van der Waals surface area contributed by atoms with E-state index in [9.17, 15) is 50.8 Å². The van der Waals surface area contributed by atoms with Crippen molar-refractivity contribution in [1.29, 1.82) is 0 Å². The van der Waals surface area contributed by atoms with Gasteiger partial charge in [0.15, 0.2) is 18.9 Å². The maximum Gasteiger partial charge on any atom is 0.331 e. The maximum atomic E-state index is 12.3. The summed E-state index contributed by atoms with van der Waals surface area (Å²) in [6, 6.07) is 0. The first-order chi connectivity index (χ1) is 28.5. The molecule has 23 atom stereocenters. The fourth-order valence-electron chi connectivity index (χ4n) is 12.3. The average molecular weight is 857 g/mol. The van der Waals surface area contributed by atoms with Crippen LogP contribution in [-0.4, -0.2) is 183 Å². The van der Waals surface area contributed by atoms with E-state index in [1.54, 1.807) is 13.0 Å². The Morgan fingerprint density at radius 2 is 1.47 bits per heavy atom. The molecule has 3 saturated heterocycles. The predicted molar refractivity (Wildman–Crippen MR) is 203 cm³/mol. The van der Waals surface area contributed by atoms with E-state index in [0.29, 0.717) is 24.9 Å². The average Bonchev–Trinajstić information content (AvgIpc) is 3.80. The molecule has 9 N–H and O–H groups in total. The number of fused-ring (bicyclic) bond motifs is 5. The highest BCUT2D eigenvalue weighted by molar-refractivity contribution is 5.85. The Balaban J connectivity index is 0.874. The van der Waals surface area contributed by atoms with Gasteiger partial charge in [-0.3, -0.25) is 0 Å². The van der Waals surface area contributed by atoms with Crippen molar-refractivity contribution in [1.82, 2.24) is 0 Å². The molecule has 18 nitrogen and oxygen atoms in total. The van der Waals surface area contributed by atoms with E-state index in [-0.39, 0.29) is 35.2 Å². The monoisotopic (exact) mass is 856 g/mol. The number of carbonyl (C=O) groups excluding carboxylic acids is 1. The normalized spacial score (nSPS) is 53.2. The number of cyclic esters (lactones) is 1. The van der Waals surface area contributed by atoms with E-state index in [2.05, 4.69) is 13.5 Å². The summed E-state index contributed by atoms with van der Waals surface area (Å²) < 4.78 is 46.5. The van der Waals surface area contributed by atoms with Crippen LogP contribution in [0, 0.1) is 35.0 Å². The second-order valence-corrected chi connectivity index (χ2v) is 18.8. The summed E-state index contributed by atoms with van der Waals surface area (Å²) in [6.07, 6.45) is -13.3. The SMILES string of the molecule is C=C1[C@@H](C2=CC(=O)OC2)CC[C@]2(O)[C@@H]3CC[C@@H]4C[C@@H](O[C@@H]5O[C@@H](C)[C@H](O[C@@H]6O[C@H](CO[C@@H]7O[C@H](CO)[C@@H](O)[C@H](O)[C@H]7O)[C@@H](O)[C@H](O)[C@H]6O)[C@@H](OC)[C@H]5O)CC[C@]4(C)[C@H]3C[C@@H]12. The summed E-state index contributed by atoms with van der Waals surface area (Å²) in [5.74, 6) is 0.494. The van der Waals surface area contributed by atoms with Gasteiger partial charge in [-0.25, -0.2) is 4.79 Å². The molecule has 4 aliphatic carbocycles. The van der Waals surface area contributed by atoms with Crippen molar-refractivity contribution in [2.24, 2.45) is 35.0 Å². The summed E-state index contributed by atoms with van der Waals surface area (Å²) >= 11 is 0. The van der Waals surface area contributed by atoms with Crippen LogP contribution >= 0.6 is 0 Å². The second-order valence-electron chi connectivity index (χ2n) is 18.8. The summed E-state index contributed by atoms with van der Waals surface area (Å²) in [5.41, 5.74) is 1.14. The zero-order valence-electron chi connectivity index (χ0n) is 34.4. The van der Waals surface area contributed by atoms with Crippen LogP contribution in [0.5, 0.6) is 0 Å². The lowest BCUT2D eigenvalue weighted by Crippen LogP contribution is -2.65. The van der Waals surface area contributed by atoms with Gasteiger partial charge < -0.3 is 83.9 Å². The van der Waals surface area contributed by atoms with Crippen LogP contribution in [-0.2, 0) is 42.7 Å². The minimum atomic E-state index is -1.77. The zero-order chi connectivity index (χ0) is 43.0. The Morgan fingerprint density at radius 1 is 0.783 bits per heavy atom. The van der Waals surface area contributed by atoms with Crippen molar-refractivity contribution in [2.75, 3.05) is 26.9 Å². The number of hydrogen-bond donors (Lipinski definition) is 9. The molecule has 4 saturated carbocycles. The number of carbonyl (C=O) groups is 1. The van der Waals surface area contributed by atoms with E-state index in [4.69, 9.17) is 37.9 Å². The third-order valence-electron chi connectivity index (χ3n) is 15.8. The molecule has 0 aromatic heterocycles. The topological polar surface area (TPSA) is 273 Å². The number of rotatable bonds is 10. The van der Waals surface area contributed by atoms with E-state index < -0.39 is 111 Å². The largest absolute Gasteiger partial charge is 0.458 e. The van der Waals surface area contributed by atoms with Gasteiger partial charge in [0.1, 0.15) is 73.8 Å². The van der Waals surface area contributed by atoms with Gasteiger partial charge >= 0.3 is 5.97 Å². The zero-order valence-corrected chi connectivity index (χ0v) is 34.4. The Morgan fingerprint density at radius 3 is 2.15 bits per heavy atom. The first-order valence-corrected chi connectivity index (χ1v) is 21.6. The van der Waals surface area contributed by atoms with Crippen molar-refractivity contribution in [2.45, 2.75) is 169 Å². The highest BCUT2D eigenvalue weighted by Gasteiger charge is 2.65. The Hall–Kier alpha value is -1.69. The summed E-state index contributed by atoms with van der Waals surface area (Å²) in [4.78, 5) is 11.9. The molecular formula is C42H64O18. The molecule has 60 heavy (non-hydrogen) atoms. The van der Waals surface area contributed by atoms with Crippen molar-refractivity contribution < 1.29 is 88.6 Å². The van der Waals surface area contributed by atoms with Crippen molar-refractivity contribution in [3.8, 4) is 0 Å². The van der Waals surface area contributed by atoms with E-state index in [1.165, 1.54) is 7.11 Å². The Labute approximate surface area is 348 Å². The molecule has 340 valence electrons. The molecule has 0 unspecified atom stereocenters. The minimum Gasteiger partial charge on any atom is -0.458 e. The van der Waals surface area contributed by atoms with Gasteiger partial charge in [-0.1, -0.05) is 19.1 Å². The molecule has 7 fully saturated rings. The number of esters is 1. The third kappa shape index (κ3) is 7.73. The van der Waals surface area contributed by atoms with Crippen LogP contribution in [0.3, 0.4) is 0 Å². The maximum absolute atomic E-state index is 12.3. The number of hydrogen-bond acceptors (Lipinski definition) is 18. The van der Waals surface area contributed by atoms with Crippen LogP contribution < -0.4 is 0 Å². The molecule has 0 radical (unpaired) electrons. The molecule has 18 heteroatoms. The minimum absolute atomic E-state index is 0.0264. The molecule has 4 heterocycles. The van der Waals surface area contributed by atoms with Crippen LogP contribution in [0.2, 0.25) is 0 Å². The number of aliphatic hydroxyl groups excluding tert-OH is 8. The molecular weight excluding hydrogens is 792 g/mol. The molecule has 8 rings (SSSR count). The lowest BCUT2D eigenvalue weighted by atomic mass is 9.51. The van der Waals surface area contributed by atoms with E-state index in [1.807, 2.05) is 0 Å². The summed E-state index contributed by atoms with van der Waals surface area (Å²) in [7, 11) is 1.39. The van der Waals surface area contributed by atoms with Crippen molar-refractivity contribution >= 4 is 5.97 Å². The summed E-state index contributed by atoms with van der Waals surface area (Å²) in [5, 5.41) is 96.3. The predicted octanol–water partition coefficient (Wildman–Crippen LogP) is -1.47. The standard InChI is InChI=1S/C42H64O18/c1-17-22(19-11-28(44)54-15-19)8-10-42(52)23-6-5-20-12-21(7-9-41(20,3)25(23)13-24(17)42)57-40-35(51)37(53-4)36(18(2)56-40)60-39-34(50)32(48)30(46)27(59-39)16-55-38-33(49)31(47)29(45)26(14-43)58-38/h11,18,20-27,29-40,43,45-52H,1,5-10,12-16H2,2-4H3/t18-,20+,21-,22-,23+,24-,25-,26+,27+,29+,30+,31-,32-,33+,34+,35+,36-,37-,38+,39-,40-,41-,42-/m0/s1. The van der Waals surface area contributed by atoms with Gasteiger partial charge in [-0.15, -0.1) is 0 Å². The number of methoxy groups -OCH3 is 1. The number of ether oxygens (including phenoxy) is 8. The van der Waals surface area contributed by atoms with Gasteiger partial charge in [-0.2, -0.15) is 0 Å². The molecule has 0 aromatic carbocycles. The van der Waals surface area contributed by atoms with Crippen LogP contribution in [0.4, 0.5) is 0 Å². The van der Waals surface area contributed by atoms with Crippen LogP contribution in [0.25, 0.3) is 0 Å². The second kappa shape index (κ2) is 17.4. The van der Waals surface area contributed by atoms with Crippen molar-refractivity contribution in [3.63, 3.8) is 0 Å².